The van der Waals surface area contributed by atoms with Crippen LogP contribution >= 0.6 is 15.9 Å². The number of methoxy groups -OCH3 is 1. The number of amides is 2. The van der Waals surface area contributed by atoms with Crippen LogP contribution in [0.2, 0.25) is 0 Å². The molecule has 2 aromatic rings. The number of hydrogen-bond donors (Lipinski definition) is 2. The van der Waals surface area contributed by atoms with Gasteiger partial charge in [0.05, 0.1) is 17.3 Å². The second kappa shape index (κ2) is 7.92. The predicted molar refractivity (Wildman–Crippen MR) is 87.8 cm³/mol. The Kier molecular flexibility index (Phi) is 5.92. The predicted octanol–water partition coefficient (Wildman–Crippen LogP) is 4.10. The largest absolute Gasteiger partial charge is 0.496 e. The van der Waals surface area contributed by atoms with Crippen LogP contribution in [0.3, 0.4) is 0 Å². The van der Waals surface area contributed by atoms with Crippen LogP contribution in [0.1, 0.15) is 5.56 Å². The van der Waals surface area contributed by atoms with Gasteiger partial charge in [0.2, 0.25) is 0 Å². The molecule has 0 radical (unpaired) electrons. The molecule has 0 aliphatic heterocycles. The van der Waals surface area contributed by atoms with Gasteiger partial charge in [0.15, 0.2) is 0 Å². The second-order valence-electron chi connectivity index (χ2n) is 4.72. The number of urea groups is 1. The number of nitrogens with one attached hydrogen (secondary N) is 2. The van der Waals surface area contributed by atoms with E-state index in [2.05, 4.69) is 26.6 Å². The highest BCUT2D eigenvalue weighted by atomic mass is 79.9. The number of benzene rings is 2. The van der Waals surface area contributed by atoms with E-state index in [4.69, 9.17) is 4.74 Å². The van der Waals surface area contributed by atoms with Gasteiger partial charge in [-0.2, -0.15) is 0 Å². The third kappa shape index (κ3) is 4.92. The molecule has 0 saturated carbocycles. The molecule has 0 aromatic heterocycles. The topological polar surface area (TPSA) is 50.4 Å². The summed E-state index contributed by atoms with van der Waals surface area (Å²) in [4.78, 5) is 11.7. The lowest BCUT2D eigenvalue weighted by Gasteiger charge is -2.09. The third-order valence-electron chi connectivity index (χ3n) is 3.09. The van der Waals surface area contributed by atoms with Gasteiger partial charge in [0.25, 0.3) is 0 Å². The fourth-order valence-electron chi connectivity index (χ4n) is 1.95. The zero-order chi connectivity index (χ0) is 16.8. The molecule has 0 heterocycles. The van der Waals surface area contributed by atoms with E-state index >= 15 is 0 Å². The summed E-state index contributed by atoms with van der Waals surface area (Å²) in [5.74, 6) is -0.591. The Morgan fingerprint density at radius 1 is 1.22 bits per heavy atom. The zero-order valence-corrected chi connectivity index (χ0v) is 13.9. The highest BCUT2D eigenvalue weighted by molar-refractivity contribution is 9.10. The van der Waals surface area contributed by atoms with Gasteiger partial charge >= 0.3 is 6.03 Å². The number of anilines is 1. The number of hydrogen-bond acceptors (Lipinski definition) is 2. The summed E-state index contributed by atoms with van der Waals surface area (Å²) < 4.78 is 32.4. The van der Waals surface area contributed by atoms with Gasteiger partial charge in [-0.05, 0) is 52.2 Å². The molecule has 0 unspecified atom stereocenters. The zero-order valence-electron chi connectivity index (χ0n) is 12.3. The van der Waals surface area contributed by atoms with E-state index in [1.54, 1.807) is 7.11 Å². The highest BCUT2D eigenvalue weighted by Crippen LogP contribution is 2.25. The van der Waals surface area contributed by atoms with E-state index in [1.165, 1.54) is 0 Å². The van der Waals surface area contributed by atoms with Gasteiger partial charge < -0.3 is 15.4 Å². The lowest BCUT2D eigenvalue weighted by Crippen LogP contribution is -2.30. The van der Waals surface area contributed by atoms with Crippen LogP contribution in [-0.2, 0) is 6.42 Å². The number of carbonyl (C=O) groups excluding carboxylic acids is 1. The molecule has 0 bridgehead atoms. The first-order chi connectivity index (χ1) is 11.0. The highest BCUT2D eigenvalue weighted by Gasteiger charge is 2.08. The fourth-order valence-corrected chi connectivity index (χ4v) is 2.53. The van der Waals surface area contributed by atoms with Crippen molar-refractivity contribution >= 4 is 27.6 Å². The second-order valence-corrected chi connectivity index (χ2v) is 5.58. The summed E-state index contributed by atoms with van der Waals surface area (Å²) >= 11 is 3.39. The van der Waals surface area contributed by atoms with Crippen LogP contribution in [0.5, 0.6) is 5.75 Å². The van der Waals surface area contributed by atoms with Crippen LogP contribution in [0.25, 0.3) is 0 Å². The van der Waals surface area contributed by atoms with Crippen molar-refractivity contribution < 1.29 is 18.3 Å². The first kappa shape index (κ1) is 17.2. The number of rotatable bonds is 5. The normalized spacial score (nSPS) is 10.3. The maximum atomic E-state index is 13.4. The van der Waals surface area contributed by atoms with Gasteiger partial charge in [0, 0.05) is 12.6 Å². The van der Waals surface area contributed by atoms with Gasteiger partial charge in [-0.1, -0.05) is 6.07 Å². The Hall–Kier alpha value is -2.15. The summed E-state index contributed by atoms with van der Waals surface area (Å²) in [5.41, 5.74) is 0.796. The van der Waals surface area contributed by atoms with E-state index in [1.807, 2.05) is 18.2 Å². The molecule has 2 amide bonds. The van der Waals surface area contributed by atoms with Gasteiger partial charge in [0.1, 0.15) is 17.4 Å². The van der Waals surface area contributed by atoms with Crippen LogP contribution in [0, 0.1) is 11.6 Å². The van der Waals surface area contributed by atoms with Gasteiger partial charge in [-0.25, -0.2) is 13.6 Å². The van der Waals surface area contributed by atoms with Crippen molar-refractivity contribution in [2.45, 2.75) is 6.42 Å². The molecule has 2 N–H and O–H groups in total. The van der Waals surface area contributed by atoms with Crippen molar-refractivity contribution in [1.29, 1.82) is 0 Å². The van der Waals surface area contributed by atoms with Crippen molar-refractivity contribution in [2.24, 2.45) is 0 Å². The maximum Gasteiger partial charge on any atom is 0.319 e. The molecule has 0 fully saturated rings. The Morgan fingerprint density at radius 3 is 2.70 bits per heavy atom. The molecular formula is C16H15BrF2N2O2. The summed E-state index contributed by atoms with van der Waals surface area (Å²) in [5, 5.41) is 4.86. The monoisotopic (exact) mass is 384 g/mol. The molecule has 0 aliphatic rings. The first-order valence-electron chi connectivity index (χ1n) is 6.82. The lowest BCUT2D eigenvalue weighted by molar-refractivity contribution is 0.252. The maximum absolute atomic E-state index is 13.4. The molecule has 122 valence electrons. The molecular weight excluding hydrogens is 370 g/mol. The average molecular weight is 385 g/mol. The molecule has 0 saturated heterocycles. The van der Waals surface area contributed by atoms with E-state index in [0.29, 0.717) is 13.0 Å². The number of carbonyl (C=O) groups is 1. The SMILES string of the molecule is COc1ccc(CCNC(=O)Nc2cc(F)ccc2F)cc1Br. The molecule has 23 heavy (non-hydrogen) atoms. The molecule has 7 heteroatoms. The lowest BCUT2D eigenvalue weighted by atomic mass is 10.1. The van der Waals surface area contributed by atoms with Gasteiger partial charge in [-0.15, -0.1) is 0 Å². The molecule has 4 nitrogen and oxygen atoms in total. The van der Waals surface area contributed by atoms with Crippen molar-refractivity contribution in [3.8, 4) is 5.75 Å². The van der Waals surface area contributed by atoms with Crippen LogP contribution in [0.15, 0.2) is 40.9 Å². The average Bonchev–Trinajstić information content (AvgIpc) is 2.51. The Labute approximate surface area is 141 Å². The molecule has 2 rings (SSSR count). The third-order valence-corrected chi connectivity index (χ3v) is 3.71. The molecule has 0 spiro atoms. The van der Waals surface area contributed by atoms with Crippen LogP contribution in [-0.4, -0.2) is 19.7 Å². The summed E-state index contributed by atoms with van der Waals surface area (Å²) in [6.45, 7) is 0.349. The summed E-state index contributed by atoms with van der Waals surface area (Å²) in [6, 6.07) is 7.87. The van der Waals surface area contributed by atoms with E-state index in [-0.39, 0.29) is 5.69 Å². The number of halogens is 3. The first-order valence-corrected chi connectivity index (χ1v) is 7.61. The fraction of sp³-hybridized carbons (Fsp3) is 0.188. The van der Waals surface area contributed by atoms with E-state index in [9.17, 15) is 13.6 Å². The summed E-state index contributed by atoms with van der Waals surface area (Å²) in [7, 11) is 1.58. The number of ether oxygens (including phenoxy) is 1. The minimum absolute atomic E-state index is 0.199. The minimum Gasteiger partial charge on any atom is -0.496 e. The Bertz CT molecular complexity index is 710. The van der Waals surface area contributed by atoms with Crippen LogP contribution < -0.4 is 15.4 Å². The van der Waals surface area contributed by atoms with Crippen molar-refractivity contribution in [3.05, 3.63) is 58.1 Å². The van der Waals surface area contributed by atoms with E-state index in [0.717, 1.165) is 34.0 Å². The van der Waals surface area contributed by atoms with Gasteiger partial charge in [-0.3, -0.25) is 0 Å². The molecule has 2 aromatic carbocycles. The van der Waals surface area contributed by atoms with Crippen LogP contribution in [0.4, 0.5) is 19.3 Å². The standard InChI is InChI=1S/C16H15BrF2N2O2/c1-23-15-5-2-10(8-12(15)17)6-7-20-16(22)21-14-9-11(18)3-4-13(14)19/h2-5,8-9H,6-7H2,1H3,(H2,20,21,22). The molecule has 0 aliphatic carbocycles. The van der Waals surface area contributed by atoms with E-state index < -0.39 is 17.7 Å². The van der Waals surface area contributed by atoms with Crippen molar-refractivity contribution in [2.75, 3.05) is 19.0 Å². The quantitative estimate of drug-likeness (QED) is 0.815. The summed E-state index contributed by atoms with van der Waals surface area (Å²) in [6.07, 6.45) is 0.585. The van der Waals surface area contributed by atoms with Crippen molar-refractivity contribution in [1.82, 2.24) is 5.32 Å². The van der Waals surface area contributed by atoms with Crippen molar-refractivity contribution in [3.63, 3.8) is 0 Å². The Morgan fingerprint density at radius 2 is 2.00 bits per heavy atom. The molecule has 0 atom stereocenters. The minimum atomic E-state index is -0.694. The Balaban J connectivity index is 1.85. The smallest absolute Gasteiger partial charge is 0.319 e.